The van der Waals surface area contributed by atoms with E-state index in [-0.39, 0.29) is 23.5 Å². The average molecular weight is 308 g/mol. The van der Waals surface area contributed by atoms with Gasteiger partial charge < -0.3 is 14.7 Å². The molecule has 4 aliphatic rings. The molecule has 0 aromatic carbocycles. The first kappa shape index (κ1) is 14.9. The van der Waals surface area contributed by atoms with Crippen LogP contribution in [-0.2, 0) is 9.53 Å². The molecule has 0 aromatic heterocycles. The summed E-state index contributed by atoms with van der Waals surface area (Å²) in [7, 11) is 2.19. The molecule has 4 rings (SSSR count). The van der Waals surface area contributed by atoms with Gasteiger partial charge in [0.2, 0.25) is 5.91 Å². The van der Waals surface area contributed by atoms with Crippen LogP contribution < -0.4 is 0 Å². The van der Waals surface area contributed by atoms with E-state index in [1.54, 1.807) is 0 Å². The summed E-state index contributed by atoms with van der Waals surface area (Å²) < 4.78 is 5.87. The van der Waals surface area contributed by atoms with Gasteiger partial charge >= 0.3 is 0 Å². The molecule has 4 fully saturated rings. The molecule has 5 heteroatoms. The normalized spacial score (nSPS) is 37.2. The maximum atomic E-state index is 12.3. The highest BCUT2D eigenvalue weighted by Crippen LogP contribution is 2.41. The van der Waals surface area contributed by atoms with Crippen LogP contribution in [0, 0.1) is 17.8 Å². The van der Waals surface area contributed by atoms with Crippen LogP contribution in [0.2, 0.25) is 0 Å². The summed E-state index contributed by atoms with van der Waals surface area (Å²) in [5, 5.41) is 9.35. The summed E-state index contributed by atoms with van der Waals surface area (Å²) in [6.45, 7) is 4.66. The molecule has 1 amide bonds. The van der Waals surface area contributed by atoms with Crippen LogP contribution in [0.3, 0.4) is 0 Å². The monoisotopic (exact) mass is 308 g/mol. The Morgan fingerprint density at radius 1 is 1.23 bits per heavy atom. The second-order valence-corrected chi connectivity index (χ2v) is 8.17. The van der Waals surface area contributed by atoms with Gasteiger partial charge in [0, 0.05) is 32.2 Å². The molecular formula is C17H28N2O3. The van der Waals surface area contributed by atoms with Crippen LogP contribution >= 0.6 is 0 Å². The maximum Gasteiger partial charge on any atom is 0.226 e. The zero-order valence-electron chi connectivity index (χ0n) is 13.5. The summed E-state index contributed by atoms with van der Waals surface area (Å²) in [5.74, 6) is 1.80. The molecular weight excluding hydrogens is 280 g/mol. The Morgan fingerprint density at radius 3 is 2.55 bits per heavy atom. The van der Waals surface area contributed by atoms with E-state index >= 15 is 0 Å². The third-order valence-electron chi connectivity index (χ3n) is 6.16. The first-order valence-electron chi connectivity index (χ1n) is 8.81. The van der Waals surface area contributed by atoms with Gasteiger partial charge in [-0.15, -0.1) is 0 Å². The van der Waals surface area contributed by atoms with Crippen molar-refractivity contribution >= 4 is 5.91 Å². The molecule has 2 saturated carbocycles. The van der Waals surface area contributed by atoms with E-state index in [4.69, 9.17) is 4.74 Å². The lowest BCUT2D eigenvalue weighted by molar-refractivity contribution is -0.154. The molecule has 1 spiro atoms. The van der Waals surface area contributed by atoms with Gasteiger partial charge in [0.1, 0.15) is 0 Å². The van der Waals surface area contributed by atoms with Gasteiger partial charge in [-0.05, 0) is 51.0 Å². The minimum atomic E-state index is -0.244. The van der Waals surface area contributed by atoms with Crippen molar-refractivity contribution in [1.82, 2.24) is 9.80 Å². The Kier molecular flexibility index (Phi) is 3.70. The van der Waals surface area contributed by atoms with Crippen LogP contribution in [-0.4, -0.2) is 72.4 Å². The van der Waals surface area contributed by atoms with Crippen molar-refractivity contribution < 1.29 is 14.6 Å². The molecule has 2 aliphatic carbocycles. The van der Waals surface area contributed by atoms with Gasteiger partial charge in [0.25, 0.3) is 0 Å². The van der Waals surface area contributed by atoms with Crippen LogP contribution in [0.4, 0.5) is 0 Å². The van der Waals surface area contributed by atoms with E-state index in [2.05, 4.69) is 11.9 Å². The lowest BCUT2D eigenvalue weighted by Crippen LogP contribution is -2.69. The summed E-state index contributed by atoms with van der Waals surface area (Å²) in [6.07, 6.45) is 4.94. The molecule has 2 heterocycles. The average Bonchev–Trinajstić information content (AvgIpc) is 3.15. The Bertz CT molecular complexity index is 439. The van der Waals surface area contributed by atoms with Crippen LogP contribution in [0.1, 0.15) is 32.1 Å². The minimum absolute atomic E-state index is 0.0803. The predicted molar refractivity (Wildman–Crippen MR) is 82.3 cm³/mol. The van der Waals surface area contributed by atoms with E-state index < -0.39 is 0 Å². The molecule has 0 radical (unpaired) electrons. The van der Waals surface area contributed by atoms with Crippen molar-refractivity contribution in [2.24, 2.45) is 17.8 Å². The van der Waals surface area contributed by atoms with Crippen LogP contribution in [0.15, 0.2) is 0 Å². The second-order valence-electron chi connectivity index (χ2n) is 8.17. The van der Waals surface area contributed by atoms with Crippen LogP contribution in [0.25, 0.3) is 0 Å². The molecule has 1 atom stereocenters. The van der Waals surface area contributed by atoms with Crippen molar-refractivity contribution in [1.29, 1.82) is 0 Å². The van der Waals surface area contributed by atoms with Gasteiger partial charge in [-0.2, -0.15) is 0 Å². The van der Waals surface area contributed by atoms with Crippen molar-refractivity contribution in [3.63, 3.8) is 0 Å². The number of amides is 1. The number of hydrogen-bond donors (Lipinski definition) is 1. The highest BCUT2D eigenvalue weighted by Gasteiger charge is 2.54. The van der Waals surface area contributed by atoms with E-state index in [1.165, 1.54) is 12.8 Å². The maximum absolute atomic E-state index is 12.3. The van der Waals surface area contributed by atoms with E-state index in [0.717, 1.165) is 45.2 Å². The standard InChI is InChI=1S/C17H28N2O3/c1-18-7-13(9-22-8-12-2-3-12)6-17(18)10-19(11-17)16(21)14-4-15(20)5-14/h12-15,20H,2-11H2,1H3. The lowest BCUT2D eigenvalue weighted by atomic mass is 9.78. The topological polar surface area (TPSA) is 53.0 Å². The van der Waals surface area contributed by atoms with Crippen LogP contribution in [0.5, 0.6) is 0 Å². The fraction of sp³-hybridized carbons (Fsp3) is 0.941. The smallest absolute Gasteiger partial charge is 0.226 e. The first-order chi connectivity index (χ1) is 10.6. The van der Waals surface area contributed by atoms with Crippen molar-refractivity contribution in [3.8, 4) is 0 Å². The van der Waals surface area contributed by atoms with Gasteiger partial charge in [-0.3, -0.25) is 9.69 Å². The Hall–Kier alpha value is -0.650. The highest BCUT2D eigenvalue weighted by atomic mass is 16.5. The molecule has 0 aromatic rings. The number of nitrogens with zero attached hydrogens (tertiary/aromatic N) is 2. The molecule has 5 nitrogen and oxygen atoms in total. The Labute approximate surface area is 132 Å². The molecule has 1 N–H and O–H groups in total. The third kappa shape index (κ3) is 2.68. The molecule has 0 bridgehead atoms. The van der Waals surface area contributed by atoms with Gasteiger partial charge in [-0.25, -0.2) is 0 Å². The van der Waals surface area contributed by atoms with Crippen molar-refractivity contribution in [2.75, 3.05) is 39.9 Å². The zero-order valence-corrected chi connectivity index (χ0v) is 13.5. The summed E-state index contributed by atoms with van der Waals surface area (Å²) in [4.78, 5) is 16.7. The zero-order chi connectivity index (χ0) is 15.3. The largest absolute Gasteiger partial charge is 0.393 e. The molecule has 22 heavy (non-hydrogen) atoms. The third-order valence-corrected chi connectivity index (χ3v) is 6.16. The number of ether oxygens (including phenoxy) is 1. The molecule has 2 aliphatic heterocycles. The van der Waals surface area contributed by atoms with Gasteiger partial charge in [0.15, 0.2) is 0 Å². The Balaban J connectivity index is 1.23. The number of likely N-dealkylation sites (tertiary alicyclic amines) is 2. The van der Waals surface area contributed by atoms with E-state index in [9.17, 15) is 9.90 Å². The molecule has 1 unspecified atom stereocenters. The summed E-state index contributed by atoms with van der Waals surface area (Å²) >= 11 is 0. The molecule has 124 valence electrons. The first-order valence-corrected chi connectivity index (χ1v) is 8.81. The SMILES string of the molecule is CN1CC(COCC2CC2)CC12CN(C(=O)C1CC(O)C1)C2. The Morgan fingerprint density at radius 2 is 1.91 bits per heavy atom. The fourth-order valence-electron chi connectivity index (χ4n) is 4.37. The second kappa shape index (κ2) is 5.46. The van der Waals surface area contributed by atoms with E-state index in [1.807, 2.05) is 4.90 Å². The highest BCUT2D eigenvalue weighted by molar-refractivity contribution is 5.81. The lowest BCUT2D eigenvalue weighted by Gasteiger charge is -2.53. The number of hydrogen-bond acceptors (Lipinski definition) is 4. The van der Waals surface area contributed by atoms with Gasteiger partial charge in [-0.1, -0.05) is 0 Å². The number of likely N-dealkylation sites (N-methyl/N-ethyl adjacent to an activating group) is 1. The molecule has 2 saturated heterocycles. The summed E-state index contributed by atoms with van der Waals surface area (Å²) in [6, 6.07) is 0. The number of rotatable bonds is 5. The predicted octanol–water partition coefficient (Wildman–Crippen LogP) is 0.717. The van der Waals surface area contributed by atoms with Crippen molar-refractivity contribution in [3.05, 3.63) is 0 Å². The number of aliphatic hydroxyl groups is 1. The number of carbonyl (C=O) groups is 1. The van der Waals surface area contributed by atoms with E-state index in [0.29, 0.717) is 18.8 Å². The number of aliphatic hydroxyl groups excluding tert-OH is 1. The quantitative estimate of drug-likeness (QED) is 0.813. The fourth-order valence-corrected chi connectivity index (χ4v) is 4.37. The number of carbonyl (C=O) groups excluding carboxylic acids is 1. The summed E-state index contributed by atoms with van der Waals surface area (Å²) in [5.41, 5.74) is 0.200. The van der Waals surface area contributed by atoms with Gasteiger partial charge in [0.05, 0.1) is 18.2 Å². The minimum Gasteiger partial charge on any atom is -0.393 e. The van der Waals surface area contributed by atoms with Crippen molar-refractivity contribution in [2.45, 2.75) is 43.7 Å².